The van der Waals surface area contributed by atoms with Gasteiger partial charge in [0, 0.05) is 18.8 Å². The number of aromatic amines is 1. The molecule has 18 heavy (non-hydrogen) atoms. The number of rotatable bonds is 2. The van der Waals surface area contributed by atoms with E-state index in [1.165, 1.54) is 18.3 Å². The number of nitrogens with zero attached hydrogens (tertiary/aromatic N) is 1. The third-order valence-electron chi connectivity index (χ3n) is 2.97. The minimum atomic E-state index is -0.222. The van der Waals surface area contributed by atoms with E-state index in [0.29, 0.717) is 24.6 Å². The highest BCUT2D eigenvalue weighted by atomic mass is 35.5. The lowest BCUT2D eigenvalue weighted by Gasteiger charge is -2.37. The Labute approximate surface area is 110 Å². The number of nitrogens with one attached hydrogen (secondary N) is 1. The van der Waals surface area contributed by atoms with E-state index < -0.39 is 0 Å². The maximum Gasteiger partial charge on any atom is 0.255 e. The van der Waals surface area contributed by atoms with Crippen molar-refractivity contribution in [3.05, 3.63) is 34.2 Å². The number of hydrogen-bond acceptors (Lipinski definition) is 3. The summed E-state index contributed by atoms with van der Waals surface area (Å²) in [4.78, 5) is 27.5. The molecule has 0 aromatic carbocycles. The van der Waals surface area contributed by atoms with Gasteiger partial charge in [0.05, 0.1) is 30.2 Å². The fourth-order valence-corrected chi connectivity index (χ4v) is 2.09. The van der Waals surface area contributed by atoms with E-state index in [0.717, 1.165) is 0 Å². The summed E-state index contributed by atoms with van der Waals surface area (Å²) in [6.45, 7) is 2.88. The summed E-state index contributed by atoms with van der Waals surface area (Å²) in [7, 11) is 0. The molecule has 1 aliphatic heterocycles. The first-order chi connectivity index (χ1) is 8.61. The molecule has 98 valence electrons. The number of alkyl halides is 1. The zero-order valence-corrected chi connectivity index (χ0v) is 10.8. The Morgan fingerprint density at radius 2 is 2.39 bits per heavy atom. The second-order valence-electron chi connectivity index (χ2n) is 4.36. The minimum Gasteiger partial charge on any atom is -0.373 e. The van der Waals surface area contributed by atoms with Crippen LogP contribution in [0.4, 0.5) is 0 Å². The number of carbonyl (C=O) groups is 1. The standard InChI is InChI=1S/C12H15ClN2O3/c1-8-7-18-10(4-13)6-15(8)12(17)9-2-3-11(16)14-5-9/h2-3,5,8,10H,4,6-7H2,1H3,(H,14,16). The van der Waals surface area contributed by atoms with Crippen molar-refractivity contribution in [2.45, 2.75) is 19.1 Å². The number of halogens is 1. The lowest BCUT2D eigenvalue weighted by atomic mass is 10.1. The zero-order valence-electron chi connectivity index (χ0n) is 10.1. The van der Waals surface area contributed by atoms with Crippen molar-refractivity contribution in [2.24, 2.45) is 0 Å². The molecule has 0 bridgehead atoms. The van der Waals surface area contributed by atoms with Crippen molar-refractivity contribution in [3.63, 3.8) is 0 Å². The molecule has 2 heterocycles. The molecule has 0 saturated carbocycles. The first-order valence-electron chi connectivity index (χ1n) is 5.79. The number of ether oxygens (including phenoxy) is 1. The van der Waals surface area contributed by atoms with Crippen molar-refractivity contribution in [3.8, 4) is 0 Å². The quantitative estimate of drug-likeness (QED) is 0.810. The van der Waals surface area contributed by atoms with Gasteiger partial charge in [0.15, 0.2) is 0 Å². The van der Waals surface area contributed by atoms with E-state index in [1.807, 2.05) is 6.92 Å². The van der Waals surface area contributed by atoms with Crippen molar-refractivity contribution in [1.29, 1.82) is 0 Å². The molecule has 1 fully saturated rings. The molecule has 1 aliphatic rings. The Hall–Kier alpha value is -1.33. The van der Waals surface area contributed by atoms with Crippen LogP contribution in [0.25, 0.3) is 0 Å². The predicted molar refractivity (Wildman–Crippen MR) is 68.0 cm³/mol. The Kier molecular flexibility index (Phi) is 4.04. The Balaban J connectivity index is 2.16. The van der Waals surface area contributed by atoms with E-state index >= 15 is 0 Å². The SMILES string of the molecule is CC1COC(CCl)CN1C(=O)c1ccc(=O)[nH]c1. The fourth-order valence-electron chi connectivity index (χ4n) is 1.90. The molecule has 2 unspecified atom stereocenters. The van der Waals surface area contributed by atoms with Gasteiger partial charge in [-0.3, -0.25) is 9.59 Å². The first-order valence-corrected chi connectivity index (χ1v) is 6.32. The zero-order chi connectivity index (χ0) is 13.1. The van der Waals surface area contributed by atoms with Crippen LogP contribution in [0, 0.1) is 0 Å². The van der Waals surface area contributed by atoms with Gasteiger partial charge in [-0.25, -0.2) is 0 Å². The van der Waals surface area contributed by atoms with Gasteiger partial charge in [-0.05, 0) is 13.0 Å². The van der Waals surface area contributed by atoms with Gasteiger partial charge in [-0.2, -0.15) is 0 Å². The molecule has 2 atom stereocenters. The number of carbonyl (C=O) groups excluding carboxylic acids is 1. The highest BCUT2D eigenvalue weighted by Gasteiger charge is 2.29. The summed E-state index contributed by atoms with van der Waals surface area (Å²) < 4.78 is 5.49. The largest absolute Gasteiger partial charge is 0.373 e. The molecular weight excluding hydrogens is 256 g/mol. The normalized spacial score (nSPS) is 24.0. The summed E-state index contributed by atoms with van der Waals surface area (Å²) in [5.41, 5.74) is 0.247. The molecule has 1 aromatic heterocycles. The predicted octanol–water partition coefficient (Wildman–Crippen LogP) is 0.843. The lowest BCUT2D eigenvalue weighted by molar-refractivity contribution is -0.0371. The Bertz CT molecular complexity index is 468. The van der Waals surface area contributed by atoms with Crippen LogP contribution < -0.4 is 5.56 Å². The van der Waals surface area contributed by atoms with Gasteiger partial charge < -0.3 is 14.6 Å². The second-order valence-corrected chi connectivity index (χ2v) is 4.67. The average molecular weight is 271 g/mol. The third kappa shape index (κ3) is 2.73. The average Bonchev–Trinajstić information content (AvgIpc) is 2.39. The smallest absolute Gasteiger partial charge is 0.255 e. The highest BCUT2D eigenvalue weighted by Crippen LogP contribution is 2.15. The van der Waals surface area contributed by atoms with E-state index in [4.69, 9.17) is 16.3 Å². The van der Waals surface area contributed by atoms with Crippen LogP contribution in [-0.2, 0) is 4.74 Å². The molecule has 0 spiro atoms. The van der Waals surface area contributed by atoms with Gasteiger partial charge in [-0.1, -0.05) is 0 Å². The number of pyridine rings is 1. The number of H-pyrrole nitrogens is 1. The molecular formula is C12H15ClN2O3. The van der Waals surface area contributed by atoms with E-state index in [9.17, 15) is 9.59 Å². The van der Waals surface area contributed by atoms with Crippen molar-refractivity contribution in [2.75, 3.05) is 19.0 Å². The van der Waals surface area contributed by atoms with Crippen LogP contribution in [0.3, 0.4) is 0 Å². The van der Waals surface area contributed by atoms with Crippen molar-refractivity contribution < 1.29 is 9.53 Å². The third-order valence-corrected chi connectivity index (χ3v) is 3.31. The van der Waals surface area contributed by atoms with Crippen LogP contribution in [-0.4, -0.2) is 47.0 Å². The molecule has 5 nitrogen and oxygen atoms in total. The molecule has 2 rings (SSSR count). The van der Waals surface area contributed by atoms with E-state index in [1.54, 1.807) is 4.90 Å². The van der Waals surface area contributed by atoms with E-state index in [-0.39, 0.29) is 23.6 Å². The number of hydrogen-bond donors (Lipinski definition) is 1. The monoisotopic (exact) mass is 270 g/mol. The molecule has 1 amide bonds. The Morgan fingerprint density at radius 1 is 1.61 bits per heavy atom. The maximum atomic E-state index is 12.3. The lowest BCUT2D eigenvalue weighted by Crippen LogP contribution is -2.51. The molecule has 1 saturated heterocycles. The summed E-state index contributed by atoms with van der Waals surface area (Å²) in [6.07, 6.45) is 1.30. The summed E-state index contributed by atoms with van der Waals surface area (Å²) in [5, 5.41) is 0. The van der Waals surface area contributed by atoms with Crippen LogP contribution in [0.2, 0.25) is 0 Å². The Morgan fingerprint density at radius 3 is 3.00 bits per heavy atom. The van der Waals surface area contributed by atoms with Crippen LogP contribution in [0.5, 0.6) is 0 Å². The molecule has 0 radical (unpaired) electrons. The number of morpholine rings is 1. The van der Waals surface area contributed by atoms with Gasteiger partial charge in [0.2, 0.25) is 5.56 Å². The number of aromatic nitrogens is 1. The van der Waals surface area contributed by atoms with Crippen LogP contribution in [0.1, 0.15) is 17.3 Å². The molecule has 1 aromatic rings. The molecule has 6 heteroatoms. The van der Waals surface area contributed by atoms with Crippen molar-refractivity contribution in [1.82, 2.24) is 9.88 Å². The first kappa shape index (κ1) is 13.1. The molecule has 1 N–H and O–H groups in total. The topological polar surface area (TPSA) is 62.4 Å². The maximum absolute atomic E-state index is 12.3. The minimum absolute atomic E-state index is 0.00361. The van der Waals surface area contributed by atoms with Crippen molar-refractivity contribution >= 4 is 17.5 Å². The van der Waals surface area contributed by atoms with Gasteiger partial charge in [-0.15, -0.1) is 11.6 Å². The summed E-state index contributed by atoms with van der Waals surface area (Å²) in [5.74, 6) is 0.249. The molecule has 0 aliphatic carbocycles. The fraction of sp³-hybridized carbons (Fsp3) is 0.500. The van der Waals surface area contributed by atoms with E-state index in [2.05, 4.69) is 4.98 Å². The summed E-state index contributed by atoms with van der Waals surface area (Å²) >= 11 is 5.75. The van der Waals surface area contributed by atoms with Crippen LogP contribution >= 0.6 is 11.6 Å². The number of amides is 1. The van der Waals surface area contributed by atoms with Gasteiger partial charge in [0.1, 0.15) is 0 Å². The summed E-state index contributed by atoms with van der Waals surface area (Å²) in [6, 6.07) is 2.88. The van der Waals surface area contributed by atoms with Gasteiger partial charge >= 0.3 is 0 Å². The van der Waals surface area contributed by atoms with Gasteiger partial charge in [0.25, 0.3) is 5.91 Å². The second kappa shape index (κ2) is 5.54. The van der Waals surface area contributed by atoms with Crippen LogP contribution in [0.15, 0.2) is 23.1 Å². The highest BCUT2D eigenvalue weighted by molar-refractivity contribution is 6.18.